The van der Waals surface area contributed by atoms with E-state index in [2.05, 4.69) is 10.2 Å². The summed E-state index contributed by atoms with van der Waals surface area (Å²) in [5.41, 5.74) is 2.04. The molecule has 0 saturated heterocycles. The van der Waals surface area contributed by atoms with Crippen LogP contribution in [0, 0.1) is 6.92 Å². The topological polar surface area (TPSA) is 57.4 Å². The summed E-state index contributed by atoms with van der Waals surface area (Å²) >= 11 is 0. The number of benzene rings is 2. The fraction of sp³-hybridized carbons (Fsp3) is 0.176. The first-order chi connectivity index (χ1) is 10.8. The Hall–Kier alpha value is -2.82. The molecule has 5 nitrogen and oxygen atoms in total. The van der Waals surface area contributed by atoms with Crippen LogP contribution in [-0.4, -0.2) is 23.4 Å². The lowest BCUT2D eigenvalue weighted by molar-refractivity contribution is 0.217. The minimum atomic E-state index is 0.480. The molecule has 0 bridgehead atoms. The number of aromatic nitrogens is 2. The van der Waals surface area contributed by atoms with Crippen molar-refractivity contribution in [3.05, 3.63) is 60.5 Å². The number of rotatable bonds is 6. The molecule has 0 N–H and O–H groups in total. The maximum Gasteiger partial charge on any atom is 0.247 e. The molecule has 0 amide bonds. The van der Waals surface area contributed by atoms with Gasteiger partial charge in [-0.1, -0.05) is 12.1 Å². The molecule has 0 aliphatic heterocycles. The van der Waals surface area contributed by atoms with Gasteiger partial charge in [0.25, 0.3) is 0 Å². The highest BCUT2D eigenvalue weighted by molar-refractivity contribution is 5.53. The van der Waals surface area contributed by atoms with E-state index >= 15 is 0 Å². The molecule has 0 fully saturated rings. The van der Waals surface area contributed by atoms with E-state index in [1.54, 1.807) is 0 Å². The summed E-state index contributed by atoms with van der Waals surface area (Å²) in [4.78, 5) is 0. The zero-order valence-electron chi connectivity index (χ0n) is 12.2. The van der Waals surface area contributed by atoms with Crippen LogP contribution in [0.3, 0.4) is 0 Å². The van der Waals surface area contributed by atoms with Gasteiger partial charge >= 0.3 is 0 Å². The molecule has 5 heteroatoms. The van der Waals surface area contributed by atoms with Crippen LogP contribution in [0.15, 0.2) is 59.3 Å². The monoisotopic (exact) mass is 296 g/mol. The zero-order chi connectivity index (χ0) is 15.2. The number of nitrogens with zero attached hydrogens (tertiary/aromatic N) is 2. The smallest absolute Gasteiger partial charge is 0.247 e. The summed E-state index contributed by atoms with van der Waals surface area (Å²) in [5, 5.41) is 7.51. The second-order valence-corrected chi connectivity index (χ2v) is 4.78. The van der Waals surface area contributed by atoms with Crippen molar-refractivity contribution in [2.24, 2.45) is 0 Å². The van der Waals surface area contributed by atoms with Crippen LogP contribution in [0.1, 0.15) is 5.56 Å². The van der Waals surface area contributed by atoms with Gasteiger partial charge in [-0.05, 0) is 48.9 Å². The molecule has 3 aromatic rings. The van der Waals surface area contributed by atoms with E-state index in [0.717, 1.165) is 17.1 Å². The highest BCUT2D eigenvalue weighted by Crippen LogP contribution is 2.20. The van der Waals surface area contributed by atoms with E-state index in [4.69, 9.17) is 13.9 Å². The largest absolute Gasteiger partial charge is 0.490 e. The third-order valence-corrected chi connectivity index (χ3v) is 3.07. The summed E-state index contributed by atoms with van der Waals surface area (Å²) in [7, 11) is 0. The van der Waals surface area contributed by atoms with Gasteiger partial charge in [0.05, 0.1) is 0 Å². The number of hydrogen-bond donors (Lipinski definition) is 0. The molecule has 0 atom stereocenters. The third kappa shape index (κ3) is 3.63. The fourth-order valence-corrected chi connectivity index (χ4v) is 2.02. The molecule has 112 valence electrons. The van der Waals surface area contributed by atoms with Crippen molar-refractivity contribution >= 4 is 0 Å². The average Bonchev–Trinajstić information content (AvgIpc) is 3.07. The van der Waals surface area contributed by atoms with Crippen LogP contribution in [0.2, 0.25) is 0 Å². The van der Waals surface area contributed by atoms with Crippen LogP contribution in [0.4, 0.5) is 0 Å². The molecular formula is C17H16N2O3. The van der Waals surface area contributed by atoms with E-state index in [1.165, 1.54) is 12.0 Å². The van der Waals surface area contributed by atoms with E-state index < -0.39 is 0 Å². The Morgan fingerprint density at radius 2 is 1.73 bits per heavy atom. The van der Waals surface area contributed by atoms with Crippen molar-refractivity contribution in [1.82, 2.24) is 10.2 Å². The van der Waals surface area contributed by atoms with Crippen molar-refractivity contribution in [3.63, 3.8) is 0 Å². The summed E-state index contributed by atoms with van der Waals surface area (Å²) in [6.07, 6.45) is 1.31. The van der Waals surface area contributed by atoms with Gasteiger partial charge in [-0.2, -0.15) is 0 Å². The van der Waals surface area contributed by atoms with Crippen molar-refractivity contribution in [1.29, 1.82) is 0 Å². The standard InChI is InChI=1S/C17H16N2O3/c1-13-3-2-4-16(11-13)21-10-9-20-15-7-5-14(6-8-15)17-19-18-12-22-17/h2-8,11-12H,9-10H2,1H3. The number of ether oxygens (including phenoxy) is 2. The minimum absolute atomic E-state index is 0.480. The van der Waals surface area contributed by atoms with Crippen LogP contribution in [0.5, 0.6) is 11.5 Å². The zero-order valence-corrected chi connectivity index (χ0v) is 12.2. The second-order valence-electron chi connectivity index (χ2n) is 4.78. The normalized spacial score (nSPS) is 10.4. The van der Waals surface area contributed by atoms with Crippen molar-refractivity contribution in [2.75, 3.05) is 13.2 Å². The Balaban J connectivity index is 1.48. The van der Waals surface area contributed by atoms with Crippen LogP contribution >= 0.6 is 0 Å². The first-order valence-corrected chi connectivity index (χ1v) is 7.00. The predicted molar refractivity (Wildman–Crippen MR) is 81.9 cm³/mol. The van der Waals surface area contributed by atoms with Gasteiger partial charge in [-0.25, -0.2) is 0 Å². The molecule has 0 aliphatic rings. The highest BCUT2D eigenvalue weighted by atomic mass is 16.5. The van der Waals surface area contributed by atoms with E-state index in [0.29, 0.717) is 19.1 Å². The SMILES string of the molecule is Cc1cccc(OCCOc2ccc(-c3nnco3)cc2)c1. The lowest BCUT2D eigenvalue weighted by Crippen LogP contribution is -2.08. The predicted octanol–water partition coefficient (Wildman–Crippen LogP) is 3.50. The molecule has 1 aromatic heterocycles. The molecule has 2 aromatic carbocycles. The number of aryl methyl sites for hydroxylation is 1. The quantitative estimate of drug-likeness (QED) is 0.652. The Labute approximate surface area is 128 Å². The van der Waals surface area contributed by atoms with Gasteiger partial charge in [-0.15, -0.1) is 10.2 Å². The Kier molecular flexibility index (Phi) is 4.34. The molecule has 22 heavy (non-hydrogen) atoms. The van der Waals surface area contributed by atoms with E-state index in [1.807, 2.05) is 55.5 Å². The Morgan fingerprint density at radius 1 is 0.955 bits per heavy atom. The molecule has 0 aliphatic carbocycles. The molecule has 3 rings (SSSR count). The molecule has 0 saturated carbocycles. The molecule has 0 spiro atoms. The van der Waals surface area contributed by atoms with Crippen molar-refractivity contribution < 1.29 is 13.9 Å². The van der Waals surface area contributed by atoms with Crippen LogP contribution < -0.4 is 9.47 Å². The first kappa shape index (κ1) is 14.1. The molecule has 0 radical (unpaired) electrons. The van der Waals surface area contributed by atoms with Gasteiger partial charge in [0.15, 0.2) is 0 Å². The van der Waals surface area contributed by atoms with E-state index in [-0.39, 0.29) is 0 Å². The first-order valence-electron chi connectivity index (χ1n) is 7.00. The fourth-order valence-electron chi connectivity index (χ4n) is 2.02. The van der Waals surface area contributed by atoms with Gasteiger partial charge in [0.2, 0.25) is 12.3 Å². The summed E-state index contributed by atoms with van der Waals surface area (Å²) in [6.45, 7) is 3.01. The maximum atomic E-state index is 5.64. The average molecular weight is 296 g/mol. The molecule has 1 heterocycles. The van der Waals surface area contributed by atoms with Crippen molar-refractivity contribution in [2.45, 2.75) is 6.92 Å². The van der Waals surface area contributed by atoms with Gasteiger partial charge < -0.3 is 13.9 Å². The van der Waals surface area contributed by atoms with Gasteiger partial charge in [0.1, 0.15) is 24.7 Å². The van der Waals surface area contributed by atoms with Crippen LogP contribution in [0.25, 0.3) is 11.5 Å². The molecular weight excluding hydrogens is 280 g/mol. The van der Waals surface area contributed by atoms with Crippen LogP contribution in [-0.2, 0) is 0 Å². The Bertz CT molecular complexity index is 709. The van der Waals surface area contributed by atoms with Gasteiger partial charge in [-0.3, -0.25) is 0 Å². The lowest BCUT2D eigenvalue weighted by atomic mass is 10.2. The summed E-state index contributed by atoms with van der Waals surface area (Å²) in [6, 6.07) is 15.4. The Morgan fingerprint density at radius 3 is 2.41 bits per heavy atom. The van der Waals surface area contributed by atoms with Gasteiger partial charge in [0, 0.05) is 5.56 Å². The minimum Gasteiger partial charge on any atom is -0.490 e. The number of hydrogen-bond acceptors (Lipinski definition) is 5. The third-order valence-electron chi connectivity index (χ3n) is 3.07. The van der Waals surface area contributed by atoms with E-state index in [9.17, 15) is 0 Å². The lowest BCUT2D eigenvalue weighted by Gasteiger charge is -2.09. The summed E-state index contributed by atoms with van der Waals surface area (Å²) in [5.74, 6) is 2.13. The second kappa shape index (κ2) is 6.76. The molecule has 0 unspecified atom stereocenters. The van der Waals surface area contributed by atoms with Crippen molar-refractivity contribution in [3.8, 4) is 23.0 Å². The maximum absolute atomic E-state index is 5.64. The highest BCUT2D eigenvalue weighted by Gasteiger charge is 2.03. The summed E-state index contributed by atoms with van der Waals surface area (Å²) < 4.78 is 16.4.